The van der Waals surface area contributed by atoms with E-state index in [1.165, 1.54) is 11.1 Å². The van der Waals surface area contributed by atoms with Crippen LogP contribution in [0.15, 0.2) is 35.1 Å². The van der Waals surface area contributed by atoms with Crippen molar-refractivity contribution in [3.05, 3.63) is 51.2 Å². The summed E-state index contributed by atoms with van der Waals surface area (Å²) < 4.78 is 26.7. The first-order chi connectivity index (χ1) is 13.7. The number of likely N-dealkylation sites (tertiary alicyclic amines) is 1. The van der Waals surface area contributed by atoms with Gasteiger partial charge in [0.05, 0.1) is 11.6 Å². The van der Waals surface area contributed by atoms with Gasteiger partial charge in [0.2, 0.25) is 5.91 Å². The lowest BCUT2D eigenvalue weighted by Gasteiger charge is -2.24. The van der Waals surface area contributed by atoms with Crippen LogP contribution in [-0.2, 0) is 16.0 Å². The fourth-order valence-corrected chi connectivity index (χ4v) is 5.07. The lowest BCUT2D eigenvalue weighted by atomic mass is 9.97. The van der Waals surface area contributed by atoms with E-state index >= 15 is 0 Å². The smallest absolute Gasteiger partial charge is 0.333 e. The van der Waals surface area contributed by atoms with Crippen LogP contribution in [0, 0.1) is 5.41 Å². The molecule has 1 amide bonds. The maximum Gasteiger partial charge on any atom is 0.333 e. The molecular formula is C19H17BrClF2N3O3. The fourth-order valence-electron chi connectivity index (χ4n) is 4.27. The number of rotatable bonds is 6. The average molecular weight is 489 g/mol. The van der Waals surface area contributed by atoms with Crippen molar-refractivity contribution in [2.24, 2.45) is 5.41 Å². The third-order valence-corrected chi connectivity index (χ3v) is 6.66. The van der Waals surface area contributed by atoms with Crippen LogP contribution in [0.1, 0.15) is 36.4 Å². The van der Waals surface area contributed by atoms with Gasteiger partial charge in [0.15, 0.2) is 0 Å². The van der Waals surface area contributed by atoms with Crippen LogP contribution in [-0.4, -0.2) is 44.3 Å². The SMILES string of the molecule is O=C(O)[C@@H](Cc1cnn(C(F)F)c1)N1CC[C@@]2(C[C@@H]2c2ccc(Br)cc2Cl)C1=O. The molecule has 1 saturated heterocycles. The van der Waals surface area contributed by atoms with Crippen molar-refractivity contribution in [1.29, 1.82) is 0 Å². The van der Waals surface area contributed by atoms with Gasteiger partial charge < -0.3 is 10.0 Å². The van der Waals surface area contributed by atoms with E-state index in [2.05, 4.69) is 21.0 Å². The first-order valence-corrected chi connectivity index (χ1v) is 10.2. The van der Waals surface area contributed by atoms with Crippen molar-refractivity contribution in [2.75, 3.05) is 6.54 Å². The van der Waals surface area contributed by atoms with Gasteiger partial charge in [0.1, 0.15) is 6.04 Å². The Bertz CT molecular complexity index is 985. The van der Waals surface area contributed by atoms with Gasteiger partial charge in [-0.3, -0.25) is 4.79 Å². The monoisotopic (exact) mass is 487 g/mol. The quantitative estimate of drug-likeness (QED) is 0.664. The molecule has 1 aliphatic heterocycles. The highest BCUT2D eigenvalue weighted by molar-refractivity contribution is 9.10. The van der Waals surface area contributed by atoms with Gasteiger partial charge in [-0.05, 0) is 36.1 Å². The predicted molar refractivity (Wildman–Crippen MR) is 104 cm³/mol. The second kappa shape index (κ2) is 7.36. The Morgan fingerprint density at radius 3 is 2.83 bits per heavy atom. The number of hydrogen-bond donors (Lipinski definition) is 1. The lowest BCUT2D eigenvalue weighted by Crippen LogP contribution is -2.44. The molecule has 1 N–H and O–H groups in total. The highest BCUT2D eigenvalue weighted by Gasteiger charge is 2.65. The van der Waals surface area contributed by atoms with E-state index in [-0.39, 0.29) is 18.2 Å². The summed E-state index contributed by atoms with van der Waals surface area (Å²) in [5.74, 6) is -1.43. The van der Waals surface area contributed by atoms with Crippen molar-refractivity contribution < 1.29 is 23.5 Å². The number of carbonyl (C=O) groups excluding carboxylic acids is 1. The summed E-state index contributed by atoms with van der Waals surface area (Å²) in [6, 6.07) is 4.40. The topological polar surface area (TPSA) is 75.4 Å². The Hall–Kier alpha value is -2.00. The van der Waals surface area contributed by atoms with Crippen LogP contribution in [0.2, 0.25) is 5.02 Å². The Morgan fingerprint density at radius 2 is 2.21 bits per heavy atom. The first kappa shape index (κ1) is 20.3. The number of benzene rings is 1. The molecule has 2 aromatic rings. The third-order valence-electron chi connectivity index (χ3n) is 5.84. The normalized spacial score (nSPS) is 24.5. The summed E-state index contributed by atoms with van der Waals surface area (Å²) >= 11 is 9.70. The Balaban J connectivity index is 1.53. The molecule has 29 heavy (non-hydrogen) atoms. The van der Waals surface area contributed by atoms with Gasteiger partial charge in [-0.1, -0.05) is 33.6 Å². The number of hydrogen-bond acceptors (Lipinski definition) is 3. The van der Waals surface area contributed by atoms with Gasteiger partial charge in [-0.25, -0.2) is 9.48 Å². The van der Waals surface area contributed by atoms with Crippen molar-refractivity contribution in [1.82, 2.24) is 14.7 Å². The van der Waals surface area contributed by atoms with E-state index in [0.29, 0.717) is 34.7 Å². The van der Waals surface area contributed by atoms with Crippen LogP contribution >= 0.6 is 27.5 Å². The summed E-state index contributed by atoms with van der Waals surface area (Å²) in [5, 5.41) is 13.8. The first-order valence-electron chi connectivity index (χ1n) is 9.03. The second-order valence-corrected chi connectivity index (χ2v) is 8.81. The number of nitrogens with zero attached hydrogens (tertiary/aromatic N) is 3. The molecule has 1 spiro atoms. The molecule has 0 unspecified atom stereocenters. The van der Waals surface area contributed by atoms with E-state index in [9.17, 15) is 23.5 Å². The Kier molecular flexibility index (Phi) is 5.14. The lowest BCUT2D eigenvalue weighted by molar-refractivity contribution is -0.149. The number of amides is 1. The number of halogens is 4. The molecule has 2 aliphatic rings. The number of aliphatic carboxylic acids is 1. The average Bonchev–Trinajstić information content (AvgIpc) is 3.01. The minimum Gasteiger partial charge on any atom is -0.480 e. The number of carboxylic acids is 1. The molecule has 3 atom stereocenters. The van der Waals surface area contributed by atoms with Crippen molar-refractivity contribution in [3.63, 3.8) is 0 Å². The molecule has 0 bridgehead atoms. The molecule has 154 valence electrons. The van der Waals surface area contributed by atoms with Gasteiger partial charge in [0, 0.05) is 34.6 Å². The molecule has 2 fully saturated rings. The fraction of sp³-hybridized carbons (Fsp3) is 0.421. The van der Waals surface area contributed by atoms with Gasteiger partial charge >= 0.3 is 12.5 Å². The second-order valence-electron chi connectivity index (χ2n) is 7.49. The van der Waals surface area contributed by atoms with Crippen molar-refractivity contribution in [2.45, 2.75) is 37.8 Å². The zero-order chi connectivity index (χ0) is 20.9. The van der Waals surface area contributed by atoms with Crippen LogP contribution in [0.4, 0.5) is 8.78 Å². The Labute approximate surface area is 178 Å². The van der Waals surface area contributed by atoms with Crippen molar-refractivity contribution in [3.8, 4) is 0 Å². The van der Waals surface area contributed by atoms with Crippen LogP contribution in [0.3, 0.4) is 0 Å². The standard InChI is InChI=1S/C19H17BrClF2N3O3/c20-11-1-2-12(14(21)6-11)13-7-19(13)3-4-25(17(19)29)15(16(27)28)5-10-8-24-26(9-10)18(22)23/h1-2,6,8-9,13,15,18H,3-5,7H2,(H,27,28)/t13-,15-,19+/m1/s1. The molecule has 1 aromatic heterocycles. The van der Waals surface area contributed by atoms with Crippen LogP contribution < -0.4 is 0 Å². The third kappa shape index (κ3) is 3.54. The van der Waals surface area contributed by atoms with E-state index in [0.717, 1.165) is 16.2 Å². The molecule has 0 radical (unpaired) electrons. The summed E-state index contributed by atoms with van der Waals surface area (Å²) in [7, 11) is 0. The van der Waals surface area contributed by atoms with E-state index in [1.54, 1.807) is 6.07 Å². The zero-order valence-electron chi connectivity index (χ0n) is 15.1. The largest absolute Gasteiger partial charge is 0.480 e. The number of carboxylic acid groups (broad SMARTS) is 1. The minimum absolute atomic E-state index is 0.0448. The summed E-state index contributed by atoms with van der Waals surface area (Å²) in [6.45, 7) is -2.49. The number of carbonyl (C=O) groups is 2. The van der Waals surface area contributed by atoms with Crippen molar-refractivity contribution >= 4 is 39.4 Å². The summed E-state index contributed by atoms with van der Waals surface area (Å²) in [5.41, 5.74) is 0.600. The van der Waals surface area contributed by atoms with E-state index in [1.807, 2.05) is 12.1 Å². The molecule has 1 aromatic carbocycles. The van der Waals surface area contributed by atoms with Crippen LogP contribution in [0.5, 0.6) is 0 Å². The maximum atomic E-state index is 13.2. The Morgan fingerprint density at radius 1 is 1.45 bits per heavy atom. The highest BCUT2D eigenvalue weighted by atomic mass is 79.9. The molecule has 2 heterocycles. The minimum atomic E-state index is -2.80. The zero-order valence-corrected chi connectivity index (χ0v) is 17.4. The number of alkyl halides is 2. The van der Waals surface area contributed by atoms with Gasteiger partial charge in [-0.15, -0.1) is 0 Å². The van der Waals surface area contributed by atoms with E-state index in [4.69, 9.17) is 11.6 Å². The molecule has 6 nitrogen and oxygen atoms in total. The molecule has 4 rings (SSSR count). The summed E-state index contributed by atoms with van der Waals surface area (Å²) in [6.07, 6.45) is 3.41. The molecule has 1 aliphatic carbocycles. The molecule has 10 heteroatoms. The van der Waals surface area contributed by atoms with Crippen LogP contribution in [0.25, 0.3) is 0 Å². The van der Waals surface area contributed by atoms with E-state index < -0.39 is 24.0 Å². The molecular weight excluding hydrogens is 472 g/mol. The highest BCUT2D eigenvalue weighted by Crippen LogP contribution is 2.66. The predicted octanol–water partition coefficient (Wildman–Crippen LogP) is 4.10. The van der Waals surface area contributed by atoms with Gasteiger partial charge in [0.25, 0.3) is 0 Å². The van der Waals surface area contributed by atoms with Gasteiger partial charge in [-0.2, -0.15) is 13.9 Å². The summed E-state index contributed by atoms with van der Waals surface area (Å²) in [4.78, 5) is 26.4. The molecule has 1 saturated carbocycles. The number of aromatic nitrogens is 2. The maximum absolute atomic E-state index is 13.2.